The Hall–Kier alpha value is -2.52. The van der Waals surface area contributed by atoms with E-state index in [1.807, 2.05) is 6.92 Å². The highest BCUT2D eigenvalue weighted by Crippen LogP contribution is 2.47. The Morgan fingerprint density at radius 3 is 2.07 bits per heavy atom. The predicted molar refractivity (Wildman–Crippen MR) is 171 cm³/mol. The standard InChI is InChI=1S/C21H34O7.C9H18O2.C3H6.CH4/c1-8-14(3)10-16-11-15(12-18(24)25-6)19(27-17(23)9-2)21(26-7,28-16)20(4,5)13-22;1-3-4-5-6-7-8-9(10)11-2;1-3-2;/h12-14,16,19H,8-11H2,1-7H3;3-8H2,1-2H3;3H,1H2,2H3;1H4/b15-12+;;;/t14?,16-,19+,21-;;;/m1.../s1. The van der Waals surface area contributed by atoms with Crippen LogP contribution in [0.5, 0.6) is 0 Å². The minimum Gasteiger partial charge on any atom is -0.469 e. The molecule has 0 N–H and O–H groups in total. The van der Waals surface area contributed by atoms with Gasteiger partial charge in [0.1, 0.15) is 6.29 Å². The van der Waals surface area contributed by atoms with Gasteiger partial charge in [-0.05, 0) is 51.5 Å². The van der Waals surface area contributed by atoms with Gasteiger partial charge in [0.15, 0.2) is 6.10 Å². The minimum absolute atomic E-state index is 0. The molecule has 4 atom stereocenters. The fraction of sp³-hybridized carbons (Fsp3) is 0.765. The second-order valence-corrected chi connectivity index (χ2v) is 11.0. The lowest BCUT2D eigenvalue weighted by Crippen LogP contribution is -2.64. The van der Waals surface area contributed by atoms with Crippen molar-refractivity contribution in [2.75, 3.05) is 21.3 Å². The molecule has 43 heavy (non-hydrogen) atoms. The zero-order valence-corrected chi connectivity index (χ0v) is 27.9. The molecule has 0 saturated carbocycles. The molecule has 0 aromatic heterocycles. The zero-order valence-electron chi connectivity index (χ0n) is 27.9. The lowest BCUT2D eigenvalue weighted by Gasteiger charge is -2.52. The maximum Gasteiger partial charge on any atom is 0.330 e. The second-order valence-electron chi connectivity index (χ2n) is 11.0. The minimum atomic E-state index is -1.56. The Labute approximate surface area is 262 Å². The third-order valence-corrected chi connectivity index (χ3v) is 7.10. The lowest BCUT2D eigenvalue weighted by atomic mass is 9.75. The molecular formula is C34H62O9. The Bertz CT molecular complexity index is 834. The Kier molecular flexibility index (Phi) is 26.0. The lowest BCUT2D eigenvalue weighted by molar-refractivity contribution is -0.336. The van der Waals surface area contributed by atoms with Gasteiger partial charge in [0, 0.05) is 26.0 Å². The van der Waals surface area contributed by atoms with Crippen molar-refractivity contribution in [1.82, 2.24) is 0 Å². The molecule has 1 fully saturated rings. The van der Waals surface area contributed by atoms with Gasteiger partial charge in [-0.2, -0.15) is 0 Å². The fourth-order valence-electron chi connectivity index (χ4n) is 4.39. The first-order valence-electron chi connectivity index (χ1n) is 15.1. The summed E-state index contributed by atoms with van der Waals surface area (Å²) in [5.41, 5.74) is -0.631. The molecule has 0 spiro atoms. The van der Waals surface area contributed by atoms with Crippen molar-refractivity contribution in [3.8, 4) is 0 Å². The average molecular weight is 615 g/mol. The summed E-state index contributed by atoms with van der Waals surface area (Å²) in [5.74, 6) is -2.32. The van der Waals surface area contributed by atoms with E-state index >= 15 is 0 Å². The van der Waals surface area contributed by atoms with Crippen LogP contribution in [-0.2, 0) is 42.9 Å². The van der Waals surface area contributed by atoms with Crippen LogP contribution in [0.2, 0.25) is 0 Å². The molecule has 9 nitrogen and oxygen atoms in total. The summed E-state index contributed by atoms with van der Waals surface area (Å²) >= 11 is 0. The van der Waals surface area contributed by atoms with Crippen molar-refractivity contribution in [2.45, 2.75) is 138 Å². The van der Waals surface area contributed by atoms with Gasteiger partial charge in [-0.3, -0.25) is 9.59 Å². The van der Waals surface area contributed by atoms with E-state index in [0.29, 0.717) is 30.8 Å². The van der Waals surface area contributed by atoms with Gasteiger partial charge in [-0.1, -0.05) is 73.3 Å². The smallest absolute Gasteiger partial charge is 0.330 e. The molecule has 9 heteroatoms. The van der Waals surface area contributed by atoms with Crippen molar-refractivity contribution in [1.29, 1.82) is 0 Å². The van der Waals surface area contributed by atoms with Crippen LogP contribution in [0.15, 0.2) is 24.3 Å². The molecular weight excluding hydrogens is 552 g/mol. The molecule has 1 heterocycles. The number of allylic oxidation sites excluding steroid dienone is 1. The molecule has 0 aromatic carbocycles. The fourth-order valence-corrected chi connectivity index (χ4v) is 4.39. The maximum absolute atomic E-state index is 12.1. The molecule has 252 valence electrons. The summed E-state index contributed by atoms with van der Waals surface area (Å²) in [4.78, 5) is 46.7. The summed E-state index contributed by atoms with van der Waals surface area (Å²) in [5, 5.41) is 0. The van der Waals surface area contributed by atoms with Crippen molar-refractivity contribution >= 4 is 24.2 Å². The SMILES string of the molecule is C.C=CC.CCC(=O)O[C@H]1/C(=C/C(=O)OC)C[C@@H](CC(C)CC)O[C@@]1(OC)C(C)(C)C=O.CCCCCCCC(=O)OC. The monoisotopic (exact) mass is 614 g/mol. The maximum atomic E-state index is 12.1. The van der Waals surface area contributed by atoms with E-state index in [-0.39, 0.29) is 25.9 Å². The molecule has 1 aliphatic heterocycles. The molecule has 1 rings (SSSR count). The van der Waals surface area contributed by atoms with Gasteiger partial charge in [-0.25, -0.2) is 4.79 Å². The molecule has 1 unspecified atom stereocenters. The van der Waals surface area contributed by atoms with E-state index in [1.54, 1.807) is 26.8 Å². The van der Waals surface area contributed by atoms with Crippen LogP contribution in [-0.4, -0.2) is 63.5 Å². The number of ether oxygens (including phenoxy) is 5. The summed E-state index contributed by atoms with van der Waals surface area (Å²) in [6, 6.07) is 0. The Morgan fingerprint density at radius 2 is 1.63 bits per heavy atom. The van der Waals surface area contributed by atoms with Crippen molar-refractivity contribution in [3.05, 3.63) is 24.3 Å². The van der Waals surface area contributed by atoms with Crippen molar-refractivity contribution < 1.29 is 42.9 Å². The van der Waals surface area contributed by atoms with Gasteiger partial charge in [0.05, 0.1) is 25.7 Å². The molecule has 0 aliphatic carbocycles. The number of unbranched alkanes of at least 4 members (excludes halogenated alkanes) is 4. The number of hydrogen-bond donors (Lipinski definition) is 0. The van der Waals surface area contributed by atoms with E-state index in [9.17, 15) is 19.2 Å². The van der Waals surface area contributed by atoms with Crippen LogP contribution in [0.3, 0.4) is 0 Å². The highest BCUT2D eigenvalue weighted by Gasteiger charge is 2.60. The molecule has 1 saturated heterocycles. The summed E-state index contributed by atoms with van der Waals surface area (Å²) in [6.07, 6.45) is 11.1. The normalized spacial score (nSPS) is 20.9. The van der Waals surface area contributed by atoms with E-state index in [1.165, 1.54) is 46.7 Å². The predicted octanol–water partition coefficient (Wildman–Crippen LogP) is 7.55. The van der Waals surface area contributed by atoms with E-state index in [4.69, 9.17) is 18.9 Å². The van der Waals surface area contributed by atoms with Crippen molar-refractivity contribution in [2.24, 2.45) is 11.3 Å². The third kappa shape index (κ3) is 16.2. The first-order chi connectivity index (χ1) is 19.8. The second kappa shape index (κ2) is 24.9. The molecule has 1 aliphatic rings. The quantitative estimate of drug-likeness (QED) is 0.0460. The Morgan fingerprint density at radius 1 is 1.05 bits per heavy atom. The molecule has 0 aromatic rings. The van der Waals surface area contributed by atoms with Gasteiger partial charge in [-0.15, -0.1) is 6.58 Å². The third-order valence-electron chi connectivity index (χ3n) is 7.10. The van der Waals surface area contributed by atoms with Gasteiger partial charge >= 0.3 is 17.9 Å². The summed E-state index contributed by atoms with van der Waals surface area (Å²) in [7, 11) is 4.13. The first kappa shape index (κ1) is 44.9. The number of esters is 3. The number of carbonyl (C=O) groups excluding carboxylic acids is 4. The van der Waals surface area contributed by atoms with Crippen LogP contribution in [0.4, 0.5) is 0 Å². The number of rotatable bonds is 15. The van der Waals surface area contributed by atoms with Crippen LogP contribution >= 0.6 is 0 Å². The summed E-state index contributed by atoms with van der Waals surface area (Å²) in [6.45, 7) is 16.6. The largest absolute Gasteiger partial charge is 0.469 e. The van der Waals surface area contributed by atoms with Crippen LogP contribution in [0.1, 0.15) is 120 Å². The highest BCUT2D eigenvalue weighted by atomic mass is 16.7. The molecule has 0 radical (unpaired) electrons. The van der Waals surface area contributed by atoms with E-state index in [0.717, 1.165) is 25.5 Å². The Balaban J connectivity index is -0.000000892. The van der Waals surface area contributed by atoms with Gasteiger partial charge in [0.2, 0.25) is 5.79 Å². The number of aldehydes is 1. The van der Waals surface area contributed by atoms with Crippen LogP contribution < -0.4 is 0 Å². The summed E-state index contributed by atoms with van der Waals surface area (Å²) < 4.78 is 27.0. The first-order valence-corrected chi connectivity index (χ1v) is 15.1. The highest BCUT2D eigenvalue weighted by molar-refractivity contribution is 5.83. The van der Waals surface area contributed by atoms with E-state index in [2.05, 4.69) is 32.1 Å². The zero-order chi connectivity index (χ0) is 32.8. The van der Waals surface area contributed by atoms with Crippen LogP contribution in [0.25, 0.3) is 0 Å². The van der Waals surface area contributed by atoms with Crippen LogP contribution in [0, 0.1) is 11.3 Å². The van der Waals surface area contributed by atoms with Gasteiger partial charge < -0.3 is 28.5 Å². The van der Waals surface area contributed by atoms with Gasteiger partial charge in [0.25, 0.3) is 0 Å². The number of hydrogen-bond acceptors (Lipinski definition) is 9. The molecule has 0 amide bonds. The molecule has 0 bridgehead atoms. The number of methoxy groups -OCH3 is 3. The average Bonchev–Trinajstić information content (AvgIpc) is 2.98. The topological polar surface area (TPSA) is 114 Å². The number of carbonyl (C=O) groups is 4. The van der Waals surface area contributed by atoms with Crippen molar-refractivity contribution in [3.63, 3.8) is 0 Å². The van der Waals surface area contributed by atoms with E-state index < -0.39 is 29.2 Å².